The number of piperidine rings is 1. The number of Topliss-reactive ketones (excluding diaryl/α,β-unsaturated/α-hetero) is 1. The van der Waals surface area contributed by atoms with Gasteiger partial charge in [-0.3, -0.25) is 19.4 Å². The maximum Gasteiger partial charge on any atom is 0.169 e. The second-order valence-electron chi connectivity index (χ2n) is 9.14. The molecular formula is C26H29N7O. The molecule has 4 aromatic heterocycles. The topological polar surface area (TPSA) is 80.0 Å². The minimum atomic E-state index is 0.0359. The number of likely N-dealkylation sites (tertiary alicyclic amines) is 1. The molecule has 8 nitrogen and oxygen atoms in total. The van der Waals surface area contributed by atoms with Crippen LogP contribution < -0.4 is 4.90 Å². The Hall–Kier alpha value is -3.65. The summed E-state index contributed by atoms with van der Waals surface area (Å²) in [4.78, 5) is 31.3. The molecule has 0 radical (unpaired) electrons. The maximum atomic E-state index is 13.1. The van der Waals surface area contributed by atoms with Gasteiger partial charge < -0.3 is 9.80 Å². The number of rotatable bonds is 6. The van der Waals surface area contributed by atoms with Gasteiger partial charge in [-0.2, -0.15) is 5.10 Å². The van der Waals surface area contributed by atoms with Crippen LogP contribution in [0.3, 0.4) is 0 Å². The molecule has 0 unspecified atom stereocenters. The number of pyridine rings is 3. The Morgan fingerprint density at radius 1 is 1.03 bits per heavy atom. The van der Waals surface area contributed by atoms with Crippen LogP contribution in [0.25, 0.3) is 22.0 Å². The van der Waals surface area contributed by atoms with Crippen LogP contribution in [0.15, 0.2) is 55.2 Å². The average Bonchev–Trinajstić information content (AvgIpc) is 3.30. The standard InChI is InChI=1S/C26H29N7O/c1-31-8-5-23(6-9-31)33(3)26-12-18(4-7-27-26)25(34)13-22-10-19-11-24(21-16-30-32(2)17-21)29-15-20(19)14-28-22/h4,7,10-12,14-17,23H,5-6,8-9,13H2,1-3H3. The lowest BCUT2D eigenvalue weighted by molar-refractivity contribution is 0.0992. The van der Waals surface area contributed by atoms with Crippen LogP contribution >= 0.6 is 0 Å². The largest absolute Gasteiger partial charge is 0.357 e. The molecule has 1 saturated heterocycles. The number of aryl methyl sites for hydroxylation is 1. The van der Waals surface area contributed by atoms with Gasteiger partial charge in [0.15, 0.2) is 5.78 Å². The quantitative estimate of drug-likeness (QED) is 0.412. The molecule has 34 heavy (non-hydrogen) atoms. The zero-order valence-electron chi connectivity index (χ0n) is 19.8. The number of carbonyl (C=O) groups excluding carboxylic acids is 1. The Morgan fingerprint density at radius 2 is 1.82 bits per heavy atom. The van der Waals surface area contributed by atoms with Crippen molar-refractivity contribution in [3.05, 3.63) is 66.5 Å². The first-order chi connectivity index (χ1) is 16.5. The number of nitrogens with zero attached hydrogens (tertiary/aromatic N) is 7. The predicted molar refractivity (Wildman–Crippen MR) is 133 cm³/mol. The Bertz CT molecular complexity index is 1320. The van der Waals surface area contributed by atoms with Crippen LogP contribution in [0.2, 0.25) is 0 Å². The number of aromatic nitrogens is 5. The lowest BCUT2D eigenvalue weighted by Crippen LogP contribution is -2.42. The van der Waals surface area contributed by atoms with E-state index in [0.717, 1.165) is 59.5 Å². The molecule has 1 fully saturated rings. The third-order valence-electron chi connectivity index (χ3n) is 6.67. The fraction of sp³-hybridized carbons (Fsp3) is 0.346. The molecule has 0 amide bonds. The Balaban J connectivity index is 1.33. The van der Waals surface area contributed by atoms with Gasteiger partial charge in [-0.25, -0.2) is 4.98 Å². The zero-order valence-corrected chi connectivity index (χ0v) is 19.8. The van der Waals surface area contributed by atoms with Crippen LogP contribution in [0, 0.1) is 0 Å². The van der Waals surface area contributed by atoms with Crippen molar-refractivity contribution < 1.29 is 4.79 Å². The Morgan fingerprint density at radius 3 is 2.59 bits per heavy atom. The predicted octanol–water partition coefficient (Wildman–Crippen LogP) is 3.38. The van der Waals surface area contributed by atoms with E-state index >= 15 is 0 Å². The van der Waals surface area contributed by atoms with Gasteiger partial charge in [-0.05, 0) is 62.6 Å². The summed E-state index contributed by atoms with van der Waals surface area (Å²) in [7, 11) is 6.12. The van der Waals surface area contributed by atoms with Crippen LogP contribution in [-0.4, -0.2) is 68.6 Å². The number of hydrogen-bond acceptors (Lipinski definition) is 7. The second kappa shape index (κ2) is 9.30. The molecule has 1 aliphatic heterocycles. The summed E-state index contributed by atoms with van der Waals surface area (Å²) in [6.45, 7) is 2.17. The Kier molecular flexibility index (Phi) is 6.06. The van der Waals surface area contributed by atoms with E-state index in [1.54, 1.807) is 29.3 Å². The van der Waals surface area contributed by atoms with Crippen molar-refractivity contribution in [2.75, 3.05) is 32.1 Å². The molecule has 0 saturated carbocycles. The summed E-state index contributed by atoms with van der Waals surface area (Å²) >= 11 is 0. The molecule has 8 heteroatoms. The number of anilines is 1. The van der Waals surface area contributed by atoms with Gasteiger partial charge in [0, 0.05) is 67.1 Å². The minimum Gasteiger partial charge on any atom is -0.357 e. The average molecular weight is 456 g/mol. The lowest BCUT2D eigenvalue weighted by atomic mass is 10.0. The zero-order chi connectivity index (χ0) is 23.7. The first kappa shape index (κ1) is 22.2. The van der Waals surface area contributed by atoms with Gasteiger partial charge >= 0.3 is 0 Å². The molecule has 0 aliphatic carbocycles. The van der Waals surface area contributed by atoms with Crippen LogP contribution in [0.1, 0.15) is 28.9 Å². The highest BCUT2D eigenvalue weighted by molar-refractivity contribution is 5.98. The van der Waals surface area contributed by atoms with E-state index in [0.29, 0.717) is 11.6 Å². The van der Waals surface area contributed by atoms with E-state index in [2.05, 4.69) is 43.9 Å². The Labute approximate surface area is 199 Å². The summed E-state index contributed by atoms with van der Waals surface area (Å²) in [6.07, 6.45) is 11.5. The highest BCUT2D eigenvalue weighted by Crippen LogP contribution is 2.23. The van der Waals surface area contributed by atoms with Crippen LogP contribution in [-0.2, 0) is 13.5 Å². The van der Waals surface area contributed by atoms with Crippen molar-refractivity contribution in [1.29, 1.82) is 0 Å². The van der Waals surface area contributed by atoms with Gasteiger partial charge in [-0.1, -0.05) is 0 Å². The summed E-state index contributed by atoms with van der Waals surface area (Å²) in [5.41, 5.74) is 3.21. The van der Waals surface area contributed by atoms with Crippen molar-refractivity contribution >= 4 is 22.4 Å². The third kappa shape index (κ3) is 4.68. The molecule has 174 valence electrons. The second-order valence-corrected chi connectivity index (χ2v) is 9.14. The van der Waals surface area contributed by atoms with Crippen molar-refractivity contribution in [3.8, 4) is 11.3 Å². The molecule has 0 atom stereocenters. The van der Waals surface area contributed by atoms with E-state index in [-0.39, 0.29) is 12.2 Å². The van der Waals surface area contributed by atoms with Gasteiger partial charge in [0.05, 0.1) is 18.3 Å². The molecule has 0 bridgehead atoms. The molecular weight excluding hydrogens is 426 g/mol. The molecule has 5 heterocycles. The van der Waals surface area contributed by atoms with Gasteiger partial charge in [0.1, 0.15) is 5.82 Å². The van der Waals surface area contributed by atoms with Crippen molar-refractivity contribution in [3.63, 3.8) is 0 Å². The van der Waals surface area contributed by atoms with E-state index in [4.69, 9.17) is 0 Å². The molecule has 0 spiro atoms. The van der Waals surface area contributed by atoms with E-state index in [9.17, 15) is 4.79 Å². The SMILES string of the molecule is CN1CCC(N(C)c2cc(C(=O)Cc3cc4cc(-c5cnn(C)c5)ncc4cn3)ccn2)CC1. The summed E-state index contributed by atoms with van der Waals surface area (Å²) < 4.78 is 1.75. The highest BCUT2D eigenvalue weighted by Gasteiger charge is 2.22. The third-order valence-corrected chi connectivity index (χ3v) is 6.67. The fourth-order valence-electron chi connectivity index (χ4n) is 4.51. The highest BCUT2D eigenvalue weighted by atomic mass is 16.1. The molecule has 0 aromatic carbocycles. The molecule has 0 N–H and O–H groups in total. The number of ketones is 1. The van der Waals surface area contributed by atoms with E-state index < -0.39 is 0 Å². The van der Waals surface area contributed by atoms with E-state index in [1.165, 1.54) is 0 Å². The van der Waals surface area contributed by atoms with Gasteiger partial charge in [-0.15, -0.1) is 0 Å². The van der Waals surface area contributed by atoms with Gasteiger partial charge in [0.2, 0.25) is 0 Å². The van der Waals surface area contributed by atoms with Crippen molar-refractivity contribution in [2.24, 2.45) is 7.05 Å². The maximum absolute atomic E-state index is 13.1. The van der Waals surface area contributed by atoms with E-state index in [1.807, 2.05) is 37.6 Å². The van der Waals surface area contributed by atoms with Crippen LogP contribution in [0.4, 0.5) is 5.82 Å². The summed E-state index contributed by atoms with van der Waals surface area (Å²) in [5, 5.41) is 6.17. The molecule has 5 rings (SSSR count). The van der Waals surface area contributed by atoms with Crippen molar-refractivity contribution in [2.45, 2.75) is 25.3 Å². The van der Waals surface area contributed by atoms with Gasteiger partial charge in [0.25, 0.3) is 0 Å². The normalized spacial score (nSPS) is 15.0. The number of carbonyl (C=O) groups is 1. The van der Waals surface area contributed by atoms with Crippen molar-refractivity contribution in [1.82, 2.24) is 29.6 Å². The lowest BCUT2D eigenvalue weighted by Gasteiger charge is -2.35. The first-order valence-corrected chi connectivity index (χ1v) is 11.6. The monoisotopic (exact) mass is 455 g/mol. The number of hydrogen-bond donors (Lipinski definition) is 0. The summed E-state index contributed by atoms with van der Waals surface area (Å²) in [5.74, 6) is 0.882. The number of fused-ring (bicyclic) bond motifs is 1. The van der Waals surface area contributed by atoms with Crippen LogP contribution in [0.5, 0.6) is 0 Å². The first-order valence-electron chi connectivity index (χ1n) is 11.6. The minimum absolute atomic E-state index is 0.0359. The summed E-state index contributed by atoms with van der Waals surface area (Å²) in [6, 6.07) is 8.13. The molecule has 1 aliphatic rings. The molecule has 4 aromatic rings. The smallest absolute Gasteiger partial charge is 0.169 e. The fourth-order valence-corrected chi connectivity index (χ4v) is 4.51.